The molecule has 0 unspecified atom stereocenters. The molecule has 540 valence electrons. The summed E-state index contributed by atoms with van der Waals surface area (Å²) in [5.74, 6) is 0. The predicted octanol–water partition coefficient (Wildman–Crippen LogP) is 31.9. The van der Waals surface area contributed by atoms with Gasteiger partial charge in [0.1, 0.15) is 0 Å². The number of fused-ring (bicyclic) bond motifs is 10. The Labute approximate surface area is 670 Å². The van der Waals surface area contributed by atoms with Crippen LogP contribution in [0.3, 0.4) is 0 Å². The van der Waals surface area contributed by atoms with Crippen LogP contribution in [0.25, 0.3) is 94.6 Å². The topological polar surface area (TPSA) is 45.8 Å². The van der Waals surface area contributed by atoms with Crippen molar-refractivity contribution in [2.24, 2.45) is 0 Å². The standard InChI is InChI=1S/C38H28N2S.C36H26N2S.C30H22N2S/c1-3-26-9-14-30(15-10-26)39-31-16-21-35-36-25-34(20-22-37(36)41-38(35)24-31)40(32-17-11-27(4-2)12-18-32)33-19-13-28-7-5-6-8-29(28)23-33;1-4-10-26(11-5-1)27-16-19-31(20-17-27)38(30-14-8-3-9-15-30)32-21-23-35-34(25-32)33-22-18-29(24-36(33)39-35)37-28-12-6-2-7-13-28;1-4-10-22(11-5-1)31-23-16-18-27-28-21-26(17-19-29(28)33-30(27)20-23)32(24-12-6-2-7-13-24)25-14-8-3-9-15-25/h3-25,39H,1-2H2;1-25,37H;1-21,31H. The van der Waals surface area contributed by atoms with Gasteiger partial charge >= 0.3 is 0 Å². The van der Waals surface area contributed by atoms with E-state index < -0.39 is 0 Å². The molecule has 0 spiro atoms. The van der Waals surface area contributed by atoms with Crippen molar-refractivity contribution in [2.75, 3.05) is 30.7 Å². The average Bonchev–Trinajstić information content (AvgIpc) is 1.65. The van der Waals surface area contributed by atoms with Crippen molar-refractivity contribution < 1.29 is 0 Å². The normalized spacial score (nSPS) is 11.1. The minimum Gasteiger partial charge on any atom is -0.355 e. The van der Waals surface area contributed by atoms with Crippen molar-refractivity contribution >= 4 is 203 Å². The van der Waals surface area contributed by atoms with Crippen molar-refractivity contribution in [3.05, 3.63) is 431 Å². The Kier molecular flexibility index (Phi) is 20.1. The number of para-hydroxylation sites is 5. The summed E-state index contributed by atoms with van der Waals surface area (Å²) in [6.07, 6.45) is 3.74. The predicted molar refractivity (Wildman–Crippen MR) is 494 cm³/mol. The van der Waals surface area contributed by atoms with Gasteiger partial charge in [0.2, 0.25) is 0 Å². The highest BCUT2D eigenvalue weighted by atomic mass is 32.1. The van der Waals surface area contributed by atoms with E-state index in [1.807, 2.05) is 70.4 Å². The fraction of sp³-hybridized carbons (Fsp3) is 0. The third-order valence-corrected chi connectivity index (χ3v) is 23.8. The van der Waals surface area contributed by atoms with Crippen LogP contribution >= 0.6 is 34.0 Å². The molecule has 0 amide bonds. The van der Waals surface area contributed by atoms with E-state index in [9.17, 15) is 0 Å². The van der Waals surface area contributed by atoms with Crippen molar-refractivity contribution in [1.29, 1.82) is 0 Å². The Morgan fingerprint density at radius 2 is 0.478 bits per heavy atom. The van der Waals surface area contributed by atoms with Gasteiger partial charge in [0.05, 0.1) is 0 Å². The molecule has 3 aromatic heterocycles. The zero-order chi connectivity index (χ0) is 75.8. The first kappa shape index (κ1) is 70.6. The van der Waals surface area contributed by atoms with Gasteiger partial charge in [-0.15, -0.1) is 34.0 Å². The van der Waals surface area contributed by atoms with E-state index in [1.54, 1.807) is 0 Å². The summed E-state index contributed by atoms with van der Waals surface area (Å²) in [7, 11) is 0. The zero-order valence-electron chi connectivity index (χ0n) is 61.8. The van der Waals surface area contributed by atoms with E-state index in [0.717, 1.165) is 96.4 Å². The molecule has 3 heterocycles. The van der Waals surface area contributed by atoms with Gasteiger partial charge in [-0.3, -0.25) is 0 Å². The molecule has 3 N–H and O–H groups in total. The molecule has 0 aliphatic carbocycles. The summed E-state index contributed by atoms with van der Waals surface area (Å²) in [5.41, 5.74) is 21.4. The number of anilines is 15. The second-order valence-electron chi connectivity index (χ2n) is 27.7. The van der Waals surface area contributed by atoms with Gasteiger partial charge in [0.15, 0.2) is 0 Å². The lowest BCUT2D eigenvalue weighted by molar-refractivity contribution is 1.29. The minimum atomic E-state index is 1.06. The lowest BCUT2D eigenvalue weighted by Gasteiger charge is -2.26. The molecule has 17 aromatic carbocycles. The molecule has 20 rings (SSSR count). The van der Waals surface area contributed by atoms with Crippen LogP contribution < -0.4 is 30.7 Å². The van der Waals surface area contributed by atoms with E-state index in [2.05, 4.69) is 426 Å². The Morgan fingerprint density at radius 1 is 0.195 bits per heavy atom. The monoisotopic (exact) mass is 1500 g/mol. The van der Waals surface area contributed by atoms with Crippen LogP contribution in [0, 0.1) is 0 Å². The van der Waals surface area contributed by atoms with Crippen molar-refractivity contribution in [2.45, 2.75) is 0 Å². The summed E-state index contributed by atoms with van der Waals surface area (Å²) in [6, 6.07) is 144. The number of hydrogen-bond acceptors (Lipinski definition) is 9. The second kappa shape index (κ2) is 32.2. The fourth-order valence-corrected chi connectivity index (χ4v) is 18.2. The summed E-state index contributed by atoms with van der Waals surface area (Å²) in [4.78, 5) is 6.99. The van der Waals surface area contributed by atoms with Crippen LogP contribution in [0.2, 0.25) is 0 Å². The summed E-state index contributed by atoms with van der Waals surface area (Å²) in [6.45, 7) is 7.77. The molecule has 9 heteroatoms. The average molecular weight is 1510 g/mol. The van der Waals surface area contributed by atoms with Crippen LogP contribution in [0.4, 0.5) is 85.3 Å². The first-order valence-corrected chi connectivity index (χ1v) is 40.3. The maximum Gasteiger partial charge on any atom is 0.0468 e. The summed E-state index contributed by atoms with van der Waals surface area (Å²) in [5, 5.41) is 20.7. The number of nitrogens with one attached hydrogen (secondary N) is 3. The van der Waals surface area contributed by atoms with Gasteiger partial charge in [-0.1, -0.05) is 232 Å². The van der Waals surface area contributed by atoms with Gasteiger partial charge in [-0.05, 0) is 233 Å². The van der Waals surface area contributed by atoms with E-state index in [0.29, 0.717) is 0 Å². The SMILES string of the molecule is C=Cc1ccc(Nc2ccc3c(c2)sc2ccc(N(c4ccc(C=C)cc4)c4ccc5ccccc5c4)cc23)cc1.c1ccc(Nc2ccc3c(c2)sc2ccc(N(c4ccccc4)c4ccc(-c5ccccc5)cc4)cc23)cc1.c1ccc(Nc2ccc3c(c2)sc2ccc(N(c4ccccc4)c4ccccc4)cc23)cc1. The summed E-state index contributed by atoms with van der Waals surface area (Å²) < 4.78 is 7.69. The molecular weight excluding hydrogens is 1430 g/mol. The van der Waals surface area contributed by atoms with Crippen molar-refractivity contribution in [3.63, 3.8) is 0 Å². The van der Waals surface area contributed by atoms with Crippen LogP contribution in [0.15, 0.2) is 420 Å². The first-order valence-electron chi connectivity index (χ1n) is 37.8. The highest BCUT2D eigenvalue weighted by Gasteiger charge is 2.20. The maximum atomic E-state index is 3.93. The molecule has 6 nitrogen and oxygen atoms in total. The maximum absolute atomic E-state index is 3.93. The highest BCUT2D eigenvalue weighted by molar-refractivity contribution is 7.26. The molecular formula is C104H76N6S3. The quantitative estimate of drug-likeness (QED) is 0.0796. The molecule has 0 saturated heterocycles. The van der Waals surface area contributed by atoms with E-state index in [-0.39, 0.29) is 0 Å². The van der Waals surface area contributed by atoms with Gasteiger partial charge in [0, 0.05) is 146 Å². The van der Waals surface area contributed by atoms with Gasteiger partial charge < -0.3 is 30.7 Å². The lowest BCUT2D eigenvalue weighted by atomic mass is 10.0. The molecule has 0 aliphatic heterocycles. The van der Waals surface area contributed by atoms with Crippen molar-refractivity contribution in [1.82, 2.24) is 0 Å². The van der Waals surface area contributed by atoms with Crippen LogP contribution in [-0.2, 0) is 0 Å². The fourth-order valence-electron chi connectivity index (χ4n) is 14.8. The summed E-state index contributed by atoms with van der Waals surface area (Å²) >= 11 is 5.51. The number of hydrogen-bond donors (Lipinski definition) is 3. The molecule has 0 atom stereocenters. The Hall–Kier alpha value is -14.1. The molecule has 0 fully saturated rings. The molecule has 113 heavy (non-hydrogen) atoms. The Balaban J connectivity index is 0.000000119. The number of benzene rings is 17. The molecule has 20 aromatic rings. The molecule has 0 saturated carbocycles. The van der Waals surface area contributed by atoms with Crippen LogP contribution in [0.5, 0.6) is 0 Å². The second-order valence-corrected chi connectivity index (χ2v) is 30.9. The third kappa shape index (κ3) is 15.4. The van der Waals surface area contributed by atoms with Crippen molar-refractivity contribution in [3.8, 4) is 11.1 Å². The van der Waals surface area contributed by atoms with E-state index in [4.69, 9.17) is 0 Å². The first-order chi connectivity index (χ1) is 55.8. The van der Waals surface area contributed by atoms with E-state index in [1.165, 1.54) is 82.4 Å². The minimum absolute atomic E-state index is 1.06. The number of rotatable bonds is 18. The highest BCUT2D eigenvalue weighted by Crippen LogP contribution is 2.46. The van der Waals surface area contributed by atoms with Crippen LogP contribution in [0.1, 0.15) is 11.1 Å². The van der Waals surface area contributed by atoms with Gasteiger partial charge in [-0.2, -0.15) is 0 Å². The third-order valence-electron chi connectivity index (χ3n) is 20.4. The lowest BCUT2D eigenvalue weighted by Crippen LogP contribution is -2.09. The Bertz CT molecular complexity index is 6690. The molecule has 0 radical (unpaired) electrons. The smallest absolute Gasteiger partial charge is 0.0468 e. The van der Waals surface area contributed by atoms with Gasteiger partial charge in [-0.25, -0.2) is 0 Å². The molecule has 0 aliphatic rings. The largest absolute Gasteiger partial charge is 0.355 e. The Morgan fingerprint density at radius 3 is 0.876 bits per heavy atom. The van der Waals surface area contributed by atoms with Crippen LogP contribution in [-0.4, -0.2) is 0 Å². The van der Waals surface area contributed by atoms with Gasteiger partial charge in [0.25, 0.3) is 0 Å². The number of thiophene rings is 3. The number of nitrogens with zero attached hydrogens (tertiary/aromatic N) is 3. The zero-order valence-corrected chi connectivity index (χ0v) is 64.3. The molecule has 0 bridgehead atoms. The van der Waals surface area contributed by atoms with E-state index >= 15 is 0 Å².